The number of halogens is 3. The van der Waals surface area contributed by atoms with Crippen molar-refractivity contribution in [3.8, 4) is 5.75 Å². The highest BCUT2D eigenvalue weighted by atomic mass is 127. The van der Waals surface area contributed by atoms with Crippen LogP contribution in [0.4, 0.5) is 0 Å². The number of aryl methyl sites for hydroxylation is 1. The van der Waals surface area contributed by atoms with Crippen molar-refractivity contribution < 1.29 is 9.53 Å². The second kappa shape index (κ2) is 6.19. The molecule has 0 spiro atoms. The van der Waals surface area contributed by atoms with E-state index >= 15 is 0 Å². The van der Waals surface area contributed by atoms with Gasteiger partial charge in [0.1, 0.15) is 9.33 Å². The summed E-state index contributed by atoms with van der Waals surface area (Å²) in [6.45, 7) is 1.98. The molecule has 1 aromatic carbocycles. The van der Waals surface area contributed by atoms with Crippen LogP contribution in [-0.4, -0.2) is 5.97 Å². The van der Waals surface area contributed by atoms with Crippen molar-refractivity contribution in [3.63, 3.8) is 0 Å². The lowest BCUT2D eigenvalue weighted by Crippen LogP contribution is -2.07. The lowest BCUT2D eigenvalue weighted by Gasteiger charge is -2.03. The molecule has 0 aliphatic rings. The van der Waals surface area contributed by atoms with Crippen molar-refractivity contribution >= 4 is 67.1 Å². The predicted molar refractivity (Wildman–Crippen MR) is 80.8 cm³/mol. The van der Waals surface area contributed by atoms with Gasteiger partial charge in [-0.1, -0.05) is 17.7 Å². The van der Waals surface area contributed by atoms with Gasteiger partial charge in [0.2, 0.25) is 0 Å². The van der Waals surface area contributed by atoms with Gasteiger partial charge in [-0.15, -0.1) is 0 Å². The summed E-state index contributed by atoms with van der Waals surface area (Å²) in [6.07, 6.45) is 0. The largest absolute Gasteiger partial charge is 0.423 e. The molecule has 0 atom stereocenters. The number of hydrogen-bond acceptors (Lipinski definition) is 2. The Balaban J connectivity index is 2.75. The summed E-state index contributed by atoms with van der Waals surface area (Å²) in [5.74, 6) is 0.214. The van der Waals surface area contributed by atoms with Crippen LogP contribution in [0.1, 0.15) is 5.56 Å². The van der Waals surface area contributed by atoms with Gasteiger partial charge in [-0.25, -0.2) is 4.79 Å². The Morgan fingerprint density at radius 3 is 2.27 bits per heavy atom. The van der Waals surface area contributed by atoms with Crippen molar-refractivity contribution in [2.45, 2.75) is 6.92 Å². The third-order valence-electron chi connectivity index (χ3n) is 1.58. The molecule has 0 saturated heterocycles. The molecule has 0 radical (unpaired) electrons. The molecular formula is C10H7BrI2O2. The molecule has 0 aliphatic heterocycles. The molecule has 0 heterocycles. The average Bonchev–Trinajstić information content (AvgIpc) is 2.20. The number of esters is 1. The number of ether oxygens (including phenoxy) is 1. The van der Waals surface area contributed by atoms with E-state index in [9.17, 15) is 4.79 Å². The van der Waals surface area contributed by atoms with E-state index in [-0.39, 0.29) is 5.97 Å². The number of benzene rings is 1. The Morgan fingerprint density at radius 1 is 1.27 bits per heavy atom. The zero-order valence-corrected chi connectivity index (χ0v) is 13.7. The Morgan fingerprint density at radius 2 is 1.80 bits per heavy atom. The monoisotopic (exact) mass is 492 g/mol. The van der Waals surface area contributed by atoms with Gasteiger partial charge in [-0.2, -0.15) is 0 Å². The summed E-state index contributed by atoms with van der Waals surface area (Å²) >= 11 is 7.18. The minimum atomic E-state index is -0.347. The first kappa shape index (κ1) is 13.4. The van der Waals surface area contributed by atoms with Crippen LogP contribution in [0.25, 0.3) is 0 Å². The Bertz CT molecular complexity index is 394. The van der Waals surface area contributed by atoms with Crippen LogP contribution in [0.5, 0.6) is 5.75 Å². The quantitative estimate of drug-likeness (QED) is 0.266. The predicted octanol–water partition coefficient (Wildman–Crippen LogP) is 4.33. The molecule has 5 heteroatoms. The highest BCUT2D eigenvalue weighted by Gasteiger charge is 2.11. The SMILES string of the molecule is Cc1ccc(OC(=O)/C(I)=C(/Br)I)cc1. The van der Waals surface area contributed by atoms with Gasteiger partial charge in [-0.3, -0.25) is 0 Å². The highest BCUT2D eigenvalue weighted by Crippen LogP contribution is 2.26. The van der Waals surface area contributed by atoms with Gasteiger partial charge in [0.05, 0.1) is 2.49 Å². The fourth-order valence-corrected chi connectivity index (χ4v) is 1.33. The van der Waals surface area contributed by atoms with Gasteiger partial charge in [0.25, 0.3) is 0 Å². The number of carbonyl (C=O) groups is 1. The first-order chi connectivity index (χ1) is 7.00. The van der Waals surface area contributed by atoms with Crippen molar-refractivity contribution in [3.05, 3.63) is 35.9 Å². The molecule has 80 valence electrons. The molecule has 0 N–H and O–H groups in total. The van der Waals surface area contributed by atoms with E-state index in [1.807, 2.05) is 64.2 Å². The summed E-state index contributed by atoms with van der Waals surface area (Å²) in [4.78, 5) is 11.5. The molecule has 1 rings (SSSR count). The van der Waals surface area contributed by atoms with Gasteiger partial charge in [-0.05, 0) is 80.2 Å². The smallest absolute Gasteiger partial charge is 0.351 e. The van der Waals surface area contributed by atoms with Gasteiger partial charge in [0, 0.05) is 0 Å². The van der Waals surface area contributed by atoms with E-state index in [1.54, 1.807) is 12.1 Å². The van der Waals surface area contributed by atoms with Gasteiger partial charge >= 0.3 is 5.97 Å². The fourth-order valence-electron chi connectivity index (χ4n) is 0.835. The first-order valence-electron chi connectivity index (χ1n) is 4.00. The highest BCUT2D eigenvalue weighted by molar-refractivity contribution is 14.1. The lowest BCUT2D eigenvalue weighted by molar-refractivity contribution is -0.129. The Hall–Kier alpha value is 0.370. The zero-order valence-electron chi connectivity index (χ0n) is 7.76. The van der Waals surface area contributed by atoms with Crippen LogP contribution < -0.4 is 4.74 Å². The Labute approximate surface area is 124 Å². The van der Waals surface area contributed by atoms with Crippen molar-refractivity contribution in [2.24, 2.45) is 0 Å². The van der Waals surface area contributed by atoms with E-state index in [4.69, 9.17) is 4.74 Å². The third-order valence-corrected chi connectivity index (χ3v) is 5.27. The first-order valence-corrected chi connectivity index (χ1v) is 6.95. The van der Waals surface area contributed by atoms with Crippen LogP contribution in [-0.2, 0) is 4.79 Å². The van der Waals surface area contributed by atoms with Gasteiger partial charge in [0.15, 0.2) is 0 Å². The van der Waals surface area contributed by atoms with E-state index in [1.165, 1.54) is 0 Å². The molecule has 1 aromatic rings. The van der Waals surface area contributed by atoms with Crippen molar-refractivity contribution in [1.82, 2.24) is 0 Å². The van der Waals surface area contributed by atoms with Crippen LogP contribution in [0, 0.1) is 6.92 Å². The molecule has 2 nitrogen and oxygen atoms in total. The maximum Gasteiger partial charge on any atom is 0.351 e. The molecule has 0 amide bonds. The number of rotatable bonds is 2. The third kappa shape index (κ3) is 4.39. The van der Waals surface area contributed by atoms with Crippen molar-refractivity contribution in [2.75, 3.05) is 0 Å². The van der Waals surface area contributed by atoms with Crippen molar-refractivity contribution in [1.29, 1.82) is 0 Å². The average molecular weight is 493 g/mol. The summed E-state index contributed by atoms with van der Waals surface area (Å²) < 4.78 is 6.44. The van der Waals surface area contributed by atoms with E-state index in [0.29, 0.717) is 9.33 Å². The summed E-state index contributed by atoms with van der Waals surface area (Å²) in [5, 5.41) is 0. The van der Waals surface area contributed by atoms with Crippen LogP contribution in [0.2, 0.25) is 0 Å². The molecule has 0 fully saturated rings. The number of hydrogen-bond donors (Lipinski definition) is 0. The maximum absolute atomic E-state index is 11.5. The van der Waals surface area contributed by atoms with Crippen LogP contribution >= 0.6 is 61.1 Å². The molecule has 0 aliphatic carbocycles. The summed E-state index contributed by atoms with van der Waals surface area (Å²) in [5.41, 5.74) is 1.13. The fraction of sp³-hybridized carbons (Fsp3) is 0.100. The molecular weight excluding hydrogens is 486 g/mol. The second-order valence-corrected chi connectivity index (χ2v) is 7.21. The van der Waals surface area contributed by atoms with E-state index in [2.05, 4.69) is 15.9 Å². The molecule has 0 aromatic heterocycles. The minimum absolute atomic E-state index is 0.347. The van der Waals surface area contributed by atoms with Crippen LogP contribution in [0.3, 0.4) is 0 Å². The second-order valence-electron chi connectivity index (χ2n) is 2.78. The lowest BCUT2D eigenvalue weighted by atomic mass is 10.2. The zero-order chi connectivity index (χ0) is 11.4. The topological polar surface area (TPSA) is 26.3 Å². The van der Waals surface area contributed by atoms with Gasteiger partial charge < -0.3 is 4.74 Å². The maximum atomic E-state index is 11.5. The number of carbonyl (C=O) groups excluding carboxylic acids is 1. The Kier molecular flexibility index (Phi) is 5.54. The standard InChI is InChI=1S/C10H7BrI2O2/c1-6-2-4-7(5-3-6)15-10(14)8(12)9(11)13/h2-5H,1H3/b9-8+. The van der Waals surface area contributed by atoms with E-state index < -0.39 is 0 Å². The van der Waals surface area contributed by atoms with Crippen LogP contribution in [0.15, 0.2) is 30.3 Å². The molecule has 0 bridgehead atoms. The molecule has 0 unspecified atom stereocenters. The van der Waals surface area contributed by atoms with E-state index in [0.717, 1.165) is 8.05 Å². The summed E-state index contributed by atoms with van der Waals surface area (Å²) in [7, 11) is 0. The molecule has 0 saturated carbocycles. The molecule has 15 heavy (non-hydrogen) atoms. The normalized spacial score (nSPS) is 12.0. The minimum Gasteiger partial charge on any atom is -0.423 e. The summed E-state index contributed by atoms with van der Waals surface area (Å²) in [6, 6.07) is 7.35.